The second-order valence-electron chi connectivity index (χ2n) is 7.12. The van der Waals surface area contributed by atoms with Gasteiger partial charge in [-0.3, -0.25) is 9.59 Å². The molecule has 0 atom stereocenters. The van der Waals surface area contributed by atoms with Crippen LogP contribution in [0.15, 0.2) is 24.3 Å². The van der Waals surface area contributed by atoms with Gasteiger partial charge in [0.25, 0.3) is 0 Å². The number of nitrogens with zero attached hydrogens (tertiary/aromatic N) is 1. The van der Waals surface area contributed by atoms with Crippen molar-refractivity contribution in [3.05, 3.63) is 52.3 Å². The average Bonchev–Trinajstić information content (AvgIpc) is 2.77. The molecule has 3 rings (SSSR count). The summed E-state index contributed by atoms with van der Waals surface area (Å²) in [5.74, 6) is -0.380. The fourth-order valence-corrected chi connectivity index (χ4v) is 3.50. The van der Waals surface area contributed by atoms with Gasteiger partial charge in [-0.2, -0.15) is 0 Å². The van der Waals surface area contributed by atoms with E-state index in [-0.39, 0.29) is 24.3 Å². The van der Waals surface area contributed by atoms with Crippen molar-refractivity contribution >= 4 is 11.8 Å². The first-order valence-electron chi connectivity index (χ1n) is 8.84. The molecule has 1 aliphatic carbocycles. The number of hydrogen-bond acceptors (Lipinski definition) is 3. The highest BCUT2D eigenvalue weighted by Gasteiger charge is 2.27. The number of hydrogen-bond donors (Lipinski definition) is 0. The minimum Gasteiger partial charge on any atom is -0.457 e. The number of rotatable bonds is 5. The van der Waals surface area contributed by atoms with E-state index < -0.39 is 0 Å². The molecule has 0 saturated heterocycles. The van der Waals surface area contributed by atoms with E-state index in [1.165, 1.54) is 11.1 Å². The van der Waals surface area contributed by atoms with Gasteiger partial charge < -0.3 is 9.30 Å². The summed E-state index contributed by atoms with van der Waals surface area (Å²) in [5, 5.41) is 0. The van der Waals surface area contributed by atoms with Crippen LogP contribution in [0.1, 0.15) is 52.1 Å². The summed E-state index contributed by atoms with van der Waals surface area (Å²) in [6.45, 7) is 7.88. The first-order valence-corrected chi connectivity index (χ1v) is 8.84. The molecule has 0 N–H and O–H groups in total. The minimum absolute atomic E-state index is 0.00417. The Morgan fingerprint density at radius 2 is 1.68 bits per heavy atom. The summed E-state index contributed by atoms with van der Waals surface area (Å²) in [4.78, 5) is 24.4. The van der Waals surface area contributed by atoms with Crippen LogP contribution in [-0.4, -0.2) is 22.9 Å². The average molecular weight is 339 g/mol. The van der Waals surface area contributed by atoms with E-state index in [9.17, 15) is 9.59 Å². The van der Waals surface area contributed by atoms with Crippen molar-refractivity contribution < 1.29 is 14.3 Å². The monoisotopic (exact) mass is 339 g/mol. The van der Waals surface area contributed by atoms with Crippen molar-refractivity contribution in [1.82, 2.24) is 4.57 Å². The van der Waals surface area contributed by atoms with E-state index in [1.54, 1.807) is 0 Å². The molecule has 4 heteroatoms. The Labute approximate surface area is 148 Å². The molecule has 132 valence electrons. The maximum atomic E-state index is 12.5. The lowest BCUT2D eigenvalue weighted by molar-refractivity contribution is -0.150. The van der Waals surface area contributed by atoms with Crippen LogP contribution in [0.5, 0.6) is 0 Å². The molecule has 1 aromatic heterocycles. The zero-order valence-electron chi connectivity index (χ0n) is 15.4. The van der Waals surface area contributed by atoms with Crippen LogP contribution in [0.4, 0.5) is 0 Å². The number of benzene rings is 1. The van der Waals surface area contributed by atoms with Gasteiger partial charge in [0, 0.05) is 22.6 Å². The summed E-state index contributed by atoms with van der Waals surface area (Å²) in [6.07, 6.45) is 2.84. The smallest absolute Gasteiger partial charge is 0.309 e. The molecule has 4 nitrogen and oxygen atoms in total. The van der Waals surface area contributed by atoms with E-state index in [1.807, 2.05) is 19.9 Å². The van der Waals surface area contributed by atoms with Crippen molar-refractivity contribution in [2.24, 2.45) is 5.92 Å². The molecular weight excluding hydrogens is 314 g/mol. The van der Waals surface area contributed by atoms with Crippen LogP contribution < -0.4 is 0 Å². The second-order valence-corrected chi connectivity index (χ2v) is 7.12. The largest absolute Gasteiger partial charge is 0.457 e. The van der Waals surface area contributed by atoms with E-state index in [2.05, 4.69) is 36.6 Å². The van der Waals surface area contributed by atoms with Crippen molar-refractivity contribution in [1.29, 1.82) is 0 Å². The number of ether oxygens (including phenoxy) is 1. The predicted molar refractivity (Wildman–Crippen MR) is 97.3 cm³/mol. The highest BCUT2D eigenvalue weighted by Crippen LogP contribution is 2.28. The molecule has 0 spiro atoms. The summed E-state index contributed by atoms with van der Waals surface area (Å²) < 4.78 is 7.30. The van der Waals surface area contributed by atoms with E-state index in [0.717, 1.165) is 36.3 Å². The molecule has 0 unspecified atom stereocenters. The maximum Gasteiger partial charge on any atom is 0.309 e. The molecule has 0 bridgehead atoms. The standard InChI is InChI=1S/C21H25NO3/c1-13-8-14(2)10-18(9-13)22-15(3)11-19(16(22)4)20(23)12-25-21(24)17-6-5-7-17/h8-11,17H,5-7,12H2,1-4H3. The number of aryl methyl sites for hydroxylation is 3. The summed E-state index contributed by atoms with van der Waals surface area (Å²) >= 11 is 0. The van der Waals surface area contributed by atoms with Crippen LogP contribution >= 0.6 is 0 Å². The maximum absolute atomic E-state index is 12.5. The lowest BCUT2D eigenvalue weighted by Crippen LogP contribution is -2.26. The van der Waals surface area contributed by atoms with Gasteiger partial charge in [0.1, 0.15) is 0 Å². The van der Waals surface area contributed by atoms with Gasteiger partial charge in [0.2, 0.25) is 5.78 Å². The van der Waals surface area contributed by atoms with Gasteiger partial charge in [-0.05, 0) is 69.9 Å². The normalized spacial score (nSPS) is 14.2. The Morgan fingerprint density at radius 3 is 2.24 bits per heavy atom. The molecular formula is C21H25NO3. The lowest BCUT2D eigenvalue weighted by Gasteiger charge is -2.22. The van der Waals surface area contributed by atoms with Gasteiger partial charge in [0.05, 0.1) is 5.92 Å². The van der Waals surface area contributed by atoms with Gasteiger partial charge in [-0.15, -0.1) is 0 Å². The van der Waals surface area contributed by atoms with Crippen molar-refractivity contribution in [2.45, 2.75) is 47.0 Å². The molecule has 1 fully saturated rings. The Morgan fingerprint density at radius 1 is 1.04 bits per heavy atom. The molecule has 1 aliphatic rings. The Bertz CT molecular complexity index is 808. The number of esters is 1. The fourth-order valence-electron chi connectivity index (χ4n) is 3.50. The van der Waals surface area contributed by atoms with E-state index in [4.69, 9.17) is 4.74 Å². The molecule has 0 aliphatic heterocycles. The molecule has 0 amide bonds. The minimum atomic E-state index is -0.234. The van der Waals surface area contributed by atoms with Crippen LogP contribution in [-0.2, 0) is 9.53 Å². The molecule has 25 heavy (non-hydrogen) atoms. The first-order chi connectivity index (χ1) is 11.9. The summed E-state index contributed by atoms with van der Waals surface area (Å²) in [7, 11) is 0. The summed E-state index contributed by atoms with van der Waals surface area (Å²) in [6, 6.07) is 8.23. The third-order valence-electron chi connectivity index (χ3n) is 4.98. The number of aromatic nitrogens is 1. The highest BCUT2D eigenvalue weighted by molar-refractivity contribution is 5.99. The van der Waals surface area contributed by atoms with E-state index >= 15 is 0 Å². The lowest BCUT2D eigenvalue weighted by atomic mass is 9.86. The fraction of sp³-hybridized carbons (Fsp3) is 0.429. The number of Topliss-reactive ketones (excluding diaryl/α,β-unsaturated/α-hetero) is 1. The number of carbonyl (C=O) groups is 2. The summed E-state index contributed by atoms with van der Waals surface area (Å²) in [5.41, 5.74) is 5.93. The van der Waals surface area contributed by atoms with Crippen molar-refractivity contribution in [3.8, 4) is 5.69 Å². The van der Waals surface area contributed by atoms with Crippen LogP contribution in [0, 0.1) is 33.6 Å². The SMILES string of the molecule is Cc1cc(C)cc(-n2c(C)cc(C(=O)COC(=O)C3CCC3)c2C)c1. The van der Waals surface area contributed by atoms with Gasteiger partial charge >= 0.3 is 5.97 Å². The van der Waals surface area contributed by atoms with E-state index in [0.29, 0.717) is 5.56 Å². The van der Waals surface area contributed by atoms with Gasteiger partial charge in [-0.1, -0.05) is 12.5 Å². The van der Waals surface area contributed by atoms with Crippen LogP contribution in [0.3, 0.4) is 0 Å². The van der Waals surface area contributed by atoms with Crippen molar-refractivity contribution in [3.63, 3.8) is 0 Å². The Kier molecular flexibility index (Phi) is 4.80. The predicted octanol–water partition coefficient (Wildman–Crippen LogP) is 4.24. The number of ketones is 1. The third-order valence-corrected chi connectivity index (χ3v) is 4.98. The molecule has 2 aromatic rings. The van der Waals surface area contributed by atoms with Gasteiger partial charge in [0.15, 0.2) is 6.61 Å². The zero-order chi connectivity index (χ0) is 18.1. The van der Waals surface area contributed by atoms with Gasteiger partial charge in [-0.25, -0.2) is 0 Å². The van der Waals surface area contributed by atoms with Crippen LogP contribution in [0.25, 0.3) is 5.69 Å². The number of carbonyl (C=O) groups excluding carboxylic acids is 2. The topological polar surface area (TPSA) is 48.3 Å². The van der Waals surface area contributed by atoms with Crippen LogP contribution in [0.2, 0.25) is 0 Å². The highest BCUT2D eigenvalue weighted by atomic mass is 16.5. The molecule has 0 radical (unpaired) electrons. The third kappa shape index (κ3) is 3.53. The Hall–Kier alpha value is -2.36. The molecule has 1 heterocycles. The quantitative estimate of drug-likeness (QED) is 0.605. The Balaban J connectivity index is 1.81. The zero-order valence-corrected chi connectivity index (χ0v) is 15.4. The first kappa shape index (κ1) is 17.5. The molecule has 1 saturated carbocycles. The molecule has 1 aromatic carbocycles. The second kappa shape index (κ2) is 6.87. The van der Waals surface area contributed by atoms with Crippen molar-refractivity contribution in [2.75, 3.05) is 6.61 Å².